The Balaban J connectivity index is 1.79. The molecule has 0 heterocycles. The summed E-state index contributed by atoms with van der Waals surface area (Å²) in [4.78, 5) is 14.0. The number of hydrogen-bond donors (Lipinski definition) is 0. The summed E-state index contributed by atoms with van der Waals surface area (Å²) in [5, 5.41) is 0. The van der Waals surface area contributed by atoms with Gasteiger partial charge in [0.25, 0.3) is 0 Å². The predicted octanol–water partition coefficient (Wildman–Crippen LogP) is 6.18. The molecule has 3 aromatic carbocycles. The second-order valence-electron chi connectivity index (χ2n) is 8.02. The van der Waals surface area contributed by atoms with Crippen LogP contribution in [-0.2, 0) is 11.3 Å². The molecule has 0 fully saturated rings. The van der Waals surface area contributed by atoms with E-state index in [2.05, 4.69) is 24.3 Å². The fraction of sp³-hybridized carbons (Fsp3) is 0.296. The Labute approximate surface area is 184 Å². The number of benzene rings is 3. The standard InChI is InChI=1S/C27H30FNO2/c1-20(2)31-25-15-13-23(14-16-25)26(22-9-5-4-6-10-22)17-18-29(21(3)30)19-24-11-7-8-12-27(24)28/h4-16,20,26H,17-19H2,1-3H3/t26-/m0/s1. The van der Waals surface area contributed by atoms with E-state index in [1.807, 2.05) is 44.2 Å². The summed E-state index contributed by atoms with van der Waals surface area (Å²) in [5.74, 6) is 0.622. The van der Waals surface area contributed by atoms with E-state index in [9.17, 15) is 9.18 Å². The van der Waals surface area contributed by atoms with Crippen LogP contribution in [0.5, 0.6) is 5.75 Å². The van der Waals surface area contributed by atoms with Gasteiger partial charge in [-0.25, -0.2) is 4.39 Å². The highest BCUT2D eigenvalue weighted by atomic mass is 19.1. The van der Waals surface area contributed by atoms with Gasteiger partial charge in [-0.1, -0.05) is 60.7 Å². The number of halogens is 1. The van der Waals surface area contributed by atoms with Crippen LogP contribution in [0.15, 0.2) is 78.9 Å². The van der Waals surface area contributed by atoms with Crippen LogP contribution in [0.3, 0.4) is 0 Å². The summed E-state index contributed by atoms with van der Waals surface area (Å²) < 4.78 is 19.9. The molecule has 4 heteroatoms. The van der Waals surface area contributed by atoms with E-state index in [4.69, 9.17) is 4.74 Å². The summed E-state index contributed by atoms with van der Waals surface area (Å²) in [7, 11) is 0. The smallest absolute Gasteiger partial charge is 0.219 e. The number of ether oxygens (including phenoxy) is 1. The highest BCUT2D eigenvalue weighted by molar-refractivity contribution is 5.73. The fourth-order valence-electron chi connectivity index (χ4n) is 3.73. The van der Waals surface area contributed by atoms with Gasteiger partial charge in [-0.2, -0.15) is 0 Å². The SMILES string of the molecule is CC(=O)N(CC[C@@H](c1ccccc1)c1ccc(OC(C)C)cc1)Cc1ccccc1F. The highest BCUT2D eigenvalue weighted by Crippen LogP contribution is 2.30. The van der Waals surface area contributed by atoms with Gasteiger partial charge in [0, 0.05) is 31.5 Å². The van der Waals surface area contributed by atoms with Gasteiger partial charge < -0.3 is 9.64 Å². The molecule has 1 amide bonds. The van der Waals surface area contributed by atoms with Gasteiger partial charge in [-0.3, -0.25) is 4.79 Å². The molecule has 3 rings (SSSR count). The number of rotatable bonds is 9. The van der Waals surface area contributed by atoms with Gasteiger partial charge in [0.1, 0.15) is 11.6 Å². The third-order valence-electron chi connectivity index (χ3n) is 5.31. The maximum atomic E-state index is 14.1. The van der Waals surface area contributed by atoms with E-state index in [1.54, 1.807) is 23.1 Å². The van der Waals surface area contributed by atoms with Crippen molar-refractivity contribution in [2.75, 3.05) is 6.54 Å². The third-order valence-corrected chi connectivity index (χ3v) is 5.31. The lowest BCUT2D eigenvalue weighted by Gasteiger charge is -2.25. The van der Waals surface area contributed by atoms with Crippen molar-refractivity contribution in [1.82, 2.24) is 4.90 Å². The summed E-state index contributed by atoms with van der Waals surface area (Å²) in [6.45, 7) is 6.35. The van der Waals surface area contributed by atoms with Crippen LogP contribution in [0.25, 0.3) is 0 Å². The van der Waals surface area contributed by atoms with Gasteiger partial charge in [0.05, 0.1) is 6.10 Å². The van der Waals surface area contributed by atoms with E-state index in [0.717, 1.165) is 17.7 Å². The molecule has 0 aliphatic rings. The summed E-state index contributed by atoms with van der Waals surface area (Å²) in [5.41, 5.74) is 2.88. The number of hydrogen-bond acceptors (Lipinski definition) is 2. The van der Waals surface area contributed by atoms with Crippen molar-refractivity contribution in [3.8, 4) is 5.75 Å². The van der Waals surface area contributed by atoms with Crippen LogP contribution in [0.1, 0.15) is 49.8 Å². The molecule has 0 spiro atoms. The van der Waals surface area contributed by atoms with Crippen molar-refractivity contribution < 1.29 is 13.9 Å². The molecule has 0 aromatic heterocycles. The van der Waals surface area contributed by atoms with E-state index in [-0.39, 0.29) is 30.3 Å². The largest absolute Gasteiger partial charge is 0.491 e. The second kappa shape index (κ2) is 10.8. The minimum atomic E-state index is -0.283. The summed E-state index contributed by atoms with van der Waals surface area (Å²) in [6.07, 6.45) is 0.862. The lowest BCUT2D eigenvalue weighted by Crippen LogP contribution is -2.30. The van der Waals surface area contributed by atoms with E-state index in [0.29, 0.717) is 12.1 Å². The normalized spacial score (nSPS) is 11.9. The summed E-state index contributed by atoms with van der Waals surface area (Å²) >= 11 is 0. The van der Waals surface area contributed by atoms with Gasteiger partial charge >= 0.3 is 0 Å². The molecule has 31 heavy (non-hydrogen) atoms. The zero-order valence-corrected chi connectivity index (χ0v) is 18.4. The Hall–Kier alpha value is -3.14. The number of carbonyl (C=O) groups is 1. The van der Waals surface area contributed by atoms with Gasteiger partial charge in [0.15, 0.2) is 0 Å². The van der Waals surface area contributed by atoms with Crippen molar-refractivity contribution in [3.63, 3.8) is 0 Å². The fourth-order valence-corrected chi connectivity index (χ4v) is 3.73. The molecule has 0 bridgehead atoms. The molecule has 0 radical (unpaired) electrons. The summed E-state index contributed by atoms with van der Waals surface area (Å²) in [6, 6.07) is 25.1. The molecule has 0 aliphatic carbocycles. The van der Waals surface area contributed by atoms with Crippen LogP contribution < -0.4 is 4.74 Å². The van der Waals surface area contributed by atoms with Crippen LogP contribution in [-0.4, -0.2) is 23.5 Å². The monoisotopic (exact) mass is 419 g/mol. The lowest BCUT2D eigenvalue weighted by molar-refractivity contribution is -0.129. The molecule has 3 nitrogen and oxygen atoms in total. The van der Waals surface area contributed by atoms with Gasteiger partial charge in [-0.05, 0) is 49.6 Å². The first kappa shape index (κ1) is 22.5. The molecule has 0 N–H and O–H groups in total. The van der Waals surface area contributed by atoms with Crippen LogP contribution in [0.4, 0.5) is 4.39 Å². The minimum Gasteiger partial charge on any atom is -0.491 e. The molecule has 0 saturated heterocycles. The molecule has 0 saturated carbocycles. The first-order valence-corrected chi connectivity index (χ1v) is 10.7. The zero-order valence-electron chi connectivity index (χ0n) is 18.4. The highest BCUT2D eigenvalue weighted by Gasteiger charge is 2.18. The predicted molar refractivity (Wildman–Crippen MR) is 123 cm³/mol. The zero-order chi connectivity index (χ0) is 22.2. The topological polar surface area (TPSA) is 29.5 Å². The lowest BCUT2D eigenvalue weighted by atomic mass is 9.88. The molecular formula is C27H30FNO2. The molecule has 162 valence electrons. The van der Waals surface area contributed by atoms with Crippen molar-refractivity contribution in [2.45, 2.75) is 45.8 Å². The molecular weight excluding hydrogens is 389 g/mol. The second-order valence-corrected chi connectivity index (χ2v) is 8.02. The number of nitrogens with zero attached hydrogens (tertiary/aromatic N) is 1. The molecule has 1 atom stereocenters. The van der Waals surface area contributed by atoms with E-state index >= 15 is 0 Å². The maximum Gasteiger partial charge on any atom is 0.219 e. The maximum absolute atomic E-state index is 14.1. The first-order valence-electron chi connectivity index (χ1n) is 10.7. The van der Waals surface area contributed by atoms with Crippen molar-refractivity contribution in [1.29, 1.82) is 0 Å². The van der Waals surface area contributed by atoms with Crippen LogP contribution >= 0.6 is 0 Å². The van der Waals surface area contributed by atoms with Crippen molar-refractivity contribution >= 4 is 5.91 Å². The minimum absolute atomic E-state index is 0.0595. The van der Waals surface area contributed by atoms with Crippen LogP contribution in [0.2, 0.25) is 0 Å². The molecule has 0 unspecified atom stereocenters. The average molecular weight is 420 g/mol. The van der Waals surface area contributed by atoms with Gasteiger partial charge in [-0.15, -0.1) is 0 Å². The average Bonchev–Trinajstić information content (AvgIpc) is 2.75. The Morgan fingerprint density at radius 2 is 1.52 bits per heavy atom. The Morgan fingerprint density at radius 1 is 0.903 bits per heavy atom. The van der Waals surface area contributed by atoms with Gasteiger partial charge in [0.2, 0.25) is 5.91 Å². The quantitative estimate of drug-likeness (QED) is 0.414. The molecule has 0 aliphatic heterocycles. The van der Waals surface area contributed by atoms with E-state index in [1.165, 1.54) is 18.6 Å². The van der Waals surface area contributed by atoms with Crippen molar-refractivity contribution in [2.24, 2.45) is 0 Å². The number of carbonyl (C=O) groups excluding carboxylic acids is 1. The first-order chi connectivity index (χ1) is 14.9. The van der Waals surface area contributed by atoms with Crippen LogP contribution in [0, 0.1) is 5.82 Å². The Bertz CT molecular complexity index is 970. The van der Waals surface area contributed by atoms with Crippen molar-refractivity contribution in [3.05, 3.63) is 101 Å². The third kappa shape index (κ3) is 6.42. The Kier molecular flexibility index (Phi) is 7.82. The Morgan fingerprint density at radius 3 is 2.13 bits per heavy atom. The van der Waals surface area contributed by atoms with E-state index < -0.39 is 0 Å². The molecule has 3 aromatic rings. The number of amides is 1.